The zero-order valence-corrected chi connectivity index (χ0v) is 12.0. The number of nitrogens with two attached hydrogens (primary N) is 1. The molecule has 1 rings (SSSR count). The summed E-state index contributed by atoms with van der Waals surface area (Å²) in [5, 5.41) is 0. The Labute approximate surface area is 106 Å². The van der Waals surface area contributed by atoms with E-state index in [9.17, 15) is 4.79 Å². The first-order valence-corrected chi connectivity index (χ1v) is 6.75. The fraction of sp³-hybridized carbons (Fsp3) is 0.929. The minimum absolute atomic E-state index is 0.200. The van der Waals surface area contributed by atoms with Crippen LogP contribution in [0.25, 0.3) is 0 Å². The number of amides is 1. The van der Waals surface area contributed by atoms with Gasteiger partial charge in [-0.2, -0.15) is 0 Å². The third-order valence-corrected chi connectivity index (χ3v) is 4.27. The van der Waals surface area contributed by atoms with Crippen molar-refractivity contribution in [3.05, 3.63) is 0 Å². The standard InChI is InChI=1S/C14H28N2O/c1-10(14(3,4)5)6-13(17)16-9-12(8-15)7-11(16)2/h10-12H,6-9,15H2,1-5H3. The van der Waals surface area contributed by atoms with Gasteiger partial charge in [0.1, 0.15) is 0 Å². The van der Waals surface area contributed by atoms with E-state index in [1.54, 1.807) is 0 Å². The highest BCUT2D eigenvalue weighted by molar-refractivity contribution is 5.77. The Bertz CT molecular complexity index is 270. The van der Waals surface area contributed by atoms with E-state index in [0.29, 0.717) is 36.8 Å². The zero-order chi connectivity index (χ0) is 13.2. The average Bonchev–Trinajstić information content (AvgIpc) is 2.58. The lowest BCUT2D eigenvalue weighted by atomic mass is 9.80. The van der Waals surface area contributed by atoms with Gasteiger partial charge in [0.05, 0.1) is 0 Å². The van der Waals surface area contributed by atoms with E-state index in [4.69, 9.17) is 5.73 Å². The maximum Gasteiger partial charge on any atom is 0.223 e. The van der Waals surface area contributed by atoms with Crippen LogP contribution in [0.2, 0.25) is 0 Å². The molecule has 17 heavy (non-hydrogen) atoms. The van der Waals surface area contributed by atoms with Crippen molar-refractivity contribution < 1.29 is 4.79 Å². The van der Waals surface area contributed by atoms with Crippen molar-refractivity contribution in [2.24, 2.45) is 23.0 Å². The SMILES string of the molecule is CC1CC(CN)CN1C(=O)CC(C)C(C)(C)C. The maximum absolute atomic E-state index is 12.3. The molecule has 1 fully saturated rings. The van der Waals surface area contributed by atoms with Gasteiger partial charge in [-0.25, -0.2) is 0 Å². The number of carbonyl (C=O) groups is 1. The van der Waals surface area contributed by atoms with E-state index in [0.717, 1.165) is 13.0 Å². The van der Waals surface area contributed by atoms with Crippen LogP contribution in [0.5, 0.6) is 0 Å². The van der Waals surface area contributed by atoms with Gasteiger partial charge in [0.15, 0.2) is 0 Å². The van der Waals surface area contributed by atoms with Gasteiger partial charge >= 0.3 is 0 Å². The highest BCUT2D eigenvalue weighted by atomic mass is 16.2. The van der Waals surface area contributed by atoms with Crippen molar-refractivity contribution in [1.82, 2.24) is 4.90 Å². The number of hydrogen-bond donors (Lipinski definition) is 1. The maximum atomic E-state index is 12.3. The van der Waals surface area contributed by atoms with Crippen LogP contribution in [0, 0.1) is 17.3 Å². The Balaban J connectivity index is 2.54. The molecule has 1 saturated heterocycles. The molecule has 0 spiro atoms. The lowest BCUT2D eigenvalue weighted by Gasteiger charge is -2.30. The summed E-state index contributed by atoms with van der Waals surface area (Å²) in [6.45, 7) is 12.4. The van der Waals surface area contributed by atoms with Gasteiger partial charge < -0.3 is 10.6 Å². The molecule has 1 aliphatic rings. The topological polar surface area (TPSA) is 46.3 Å². The van der Waals surface area contributed by atoms with Crippen molar-refractivity contribution in [2.75, 3.05) is 13.1 Å². The fourth-order valence-electron chi connectivity index (χ4n) is 2.35. The third-order valence-electron chi connectivity index (χ3n) is 4.27. The summed E-state index contributed by atoms with van der Waals surface area (Å²) in [7, 11) is 0. The third kappa shape index (κ3) is 3.70. The lowest BCUT2D eigenvalue weighted by Crippen LogP contribution is -2.36. The summed E-state index contributed by atoms with van der Waals surface area (Å²) in [6.07, 6.45) is 1.72. The van der Waals surface area contributed by atoms with Gasteiger partial charge in [0.25, 0.3) is 0 Å². The Kier molecular flexibility index (Phi) is 4.59. The lowest BCUT2D eigenvalue weighted by molar-refractivity contribution is -0.133. The van der Waals surface area contributed by atoms with Crippen LogP contribution < -0.4 is 5.73 Å². The monoisotopic (exact) mass is 240 g/mol. The van der Waals surface area contributed by atoms with Crippen molar-refractivity contribution >= 4 is 5.91 Å². The van der Waals surface area contributed by atoms with Gasteiger partial charge in [-0.1, -0.05) is 27.7 Å². The van der Waals surface area contributed by atoms with E-state index in [1.807, 2.05) is 4.90 Å². The van der Waals surface area contributed by atoms with Gasteiger partial charge in [-0.15, -0.1) is 0 Å². The molecule has 3 heteroatoms. The van der Waals surface area contributed by atoms with Crippen molar-refractivity contribution in [3.63, 3.8) is 0 Å². The molecule has 1 amide bonds. The van der Waals surface area contributed by atoms with E-state index in [2.05, 4.69) is 34.6 Å². The molecule has 1 heterocycles. The van der Waals surface area contributed by atoms with Crippen LogP contribution in [-0.4, -0.2) is 29.9 Å². The molecule has 3 unspecified atom stereocenters. The molecule has 100 valence electrons. The molecular formula is C14H28N2O. The molecule has 0 saturated carbocycles. The molecule has 3 atom stereocenters. The number of rotatable bonds is 3. The van der Waals surface area contributed by atoms with E-state index in [1.165, 1.54) is 0 Å². The largest absolute Gasteiger partial charge is 0.340 e. The number of carbonyl (C=O) groups excluding carboxylic acids is 1. The number of hydrogen-bond acceptors (Lipinski definition) is 2. The Morgan fingerprint density at radius 3 is 2.47 bits per heavy atom. The zero-order valence-electron chi connectivity index (χ0n) is 12.0. The van der Waals surface area contributed by atoms with Crippen LogP contribution in [0.4, 0.5) is 0 Å². The van der Waals surface area contributed by atoms with E-state index >= 15 is 0 Å². The van der Waals surface area contributed by atoms with Gasteiger partial charge in [0.2, 0.25) is 5.91 Å². The van der Waals surface area contributed by atoms with Crippen molar-refractivity contribution in [3.8, 4) is 0 Å². The van der Waals surface area contributed by atoms with Crippen LogP contribution in [0.1, 0.15) is 47.5 Å². The van der Waals surface area contributed by atoms with Crippen molar-refractivity contribution in [2.45, 2.75) is 53.5 Å². The minimum Gasteiger partial charge on any atom is -0.340 e. The first-order valence-electron chi connectivity index (χ1n) is 6.75. The van der Waals surface area contributed by atoms with Crippen LogP contribution >= 0.6 is 0 Å². The molecule has 0 aromatic heterocycles. The molecular weight excluding hydrogens is 212 g/mol. The van der Waals surface area contributed by atoms with Crippen molar-refractivity contribution in [1.29, 1.82) is 0 Å². The van der Waals surface area contributed by atoms with Crippen LogP contribution in [0.3, 0.4) is 0 Å². The predicted octanol–water partition coefficient (Wildman–Crippen LogP) is 2.25. The number of nitrogens with zero attached hydrogens (tertiary/aromatic N) is 1. The highest BCUT2D eigenvalue weighted by Crippen LogP contribution is 2.30. The second-order valence-corrected chi connectivity index (χ2v) is 6.70. The van der Waals surface area contributed by atoms with E-state index < -0.39 is 0 Å². The average molecular weight is 240 g/mol. The summed E-state index contributed by atoms with van der Waals surface area (Å²) in [6, 6.07) is 0.364. The molecule has 0 bridgehead atoms. The first-order chi connectivity index (χ1) is 7.75. The number of likely N-dealkylation sites (tertiary alicyclic amines) is 1. The highest BCUT2D eigenvalue weighted by Gasteiger charge is 2.33. The quantitative estimate of drug-likeness (QED) is 0.822. The molecule has 0 aromatic rings. The summed E-state index contributed by atoms with van der Waals surface area (Å²) in [5.41, 5.74) is 5.89. The molecule has 2 N–H and O–H groups in total. The normalized spacial score (nSPS) is 27.3. The van der Waals surface area contributed by atoms with Gasteiger partial charge in [0, 0.05) is 19.0 Å². The molecule has 0 radical (unpaired) electrons. The Morgan fingerprint density at radius 2 is 2.06 bits per heavy atom. The van der Waals surface area contributed by atoms with Crippen LogP contribution in [-0.2, 0) is 4.79 Å². The first kappa shape index (κ1) is 14.5. The Morgan fingerprint density at radius 1 is 1.47 bits per heavy atom. The molecule has 0 aliphatic carbocycles. The van der Waals surface area contributed by atoms with Gasteiger partial charge in [-0.3, -0.25) is 4.79 Å². The summed E-state index contributed by atoms with van der Waals surface area (Å²) in [5.74, 6) is 1.22. The minimum atomic E-state index is 0.200. The fourth-order valence-corrected chi connectivity index (χ4v) is 2.35. The second kappa shape index (κ2) is 5.38. The summed E-state index contributed by atoms with van der Waals surface area (Å²) < 4.78 is 0. The smallest absolute Gasteiger partial charge is 0.223 e. The second-order valence-electron chi connectivity index (χ2n) is 6.70. The van der Waals surface area contributed by atoms with Crippen LogP contribution in [0.15, 0.2) is 0 Å². The Hall–Kier alpha value is -0.570. The summed E-state index contributed by atoms with van der Waals surface area (Å²) in [4.78, 5) is 14.3. The molecule has 1 aliphatic heterocycles. The molecule has 0 aromatic carbocycles. The van der Waals surface area contributed by atoms with E-state index in [-0.39, 0.29) is 5.41 Å². The predicted molar refractivity (Wildman–Crippen MR) is 71.6 cm³/mol. The molecule has 3 nitrogen and oxygen atoms in total. The van der Waals surface area contributed by atoms with Gasteiger partial charge in [-0.05, 0) is 37.1 Å². The summed E-state index contributed by atoms with van der Waals surface area (Å²) >= 11 is 0.